The molecule has 1 aromatic heterocycles. The van der Waals surface area contributed by atoms with Gasteiger partial charge in [0.05, 0.1) is 6.10 Å². The lowest BCUT2D eigenvalue weighted by atomic mass is 10.1. The molecule has 3 nitrogen and oxygen atoms in total. The molecule has 0 amide bonds. The number of halogens is 1. The number of pyridine rings is 1. The van der Waals surface area contributed by atoms with Crippen molar-refractivity contribution in [3.05, 3.63) is 48.2 Å². The van der Waals surface area contributed by atoms with Crippen LogP contribution in [0.25, 0.3) is 0 Å². The first kappa shape index (κ1) is 15.6. The Balaban J connectivity index is 2.14. The molecule has 2 rings (SSSR count). The molecule has 0 bridgehead atoms. The summed E-state index contributed by atoms with van der Waals surface area (Å²) < 4.78 is 5.77. The topological polar surface area (TPSA) is 34.1 Å². The van der Waals surface area contributed by atoms with Crippen molar-refractivity contribution in [3.63, 3.8) is 0 Å². The lowest BCUT2D eigenvalue weighted by Crippen LogP contribution is -2.08. The quantitative estimate of drug-likeness (QED) is 0.747. The van der Waals surface area contributed by atoms with E-state index in [1.807, 2.05) is 38.1 Å². The minimum atomic E-state index is 0.116. The third kappa shape index (κ3) is 4.94. The van der Waals surface area contributed by atoms with E-state index in [1.54, 1.807) is 6.20 Å². The molecule has 112 valence electrons. The fourth-order valence-electron chi connectivity index (χ4n) is 2.05. The zero-order valence-corrected chi connectivity index (χ0v) is 13.2. The van der Waals surface area contributed by atoms with E-state index in [2.05, 4.69) is 22.4 Å². The number of rotatable bonds is 7. The smallest absolute Gasteiger partial charge is 0.173 e. The van der Waals surface area contributed by atoms with Crippen LogP contribution in [0.5, 0.6) is 5.75 Å². The van der Waals surface area contributed by atoms with E-state index in [4.69, 9.17) is 16.3 Å². The minimum Gasteiger partial charge on any atom is -0.487 e. The molecule has 1 heterocycles. The summed E-state index contributed by atoms with van der Waals surface area (Å²) in [6.07, 6.45) is 3.84. The van der Waals surface area contributed by atoms with Crippen LogP contribution >= 0.6 is 11.6 Å². The summed E-state index contributed by atoms with van der Waals surface area (Å²) in [5, 5.41) is 3.33. The highest BCUT2D eigenvalue weighted by molar-refractivity contribution is 6.17. The van der Waals surface area contributed by atoms with Gasteiger partial charge in [0, 0.05) is 17.8 Å². The van der Waals surface area contributed by atoms with Gasteiger partial charge in [0.1, 0.15) is 0 Å². The molecule has 0 fully saturated rings. The molecular weight excluding hydrogens is 284 g/mol. The third-order valence-electron chi connectivity index (χ3n) is 2.92. The number of nitrogens with one attached hydrogen (secondary N) is 1. The predicted octanol–water partition coefficient (Wildman–Crippen LogP) is 4.78. The summed E-state index contributed by atoms with van der Waals surface area (Å²) in [5.41, 5.74) is 2.28. The Morgan fingerprint density at radius 1 is 1.24 bits per heavy atom. The zero-order valence-electron chi connectivity index (χ0n) is 12.5. The number of aryl methyl sites for hydroxylation is 1. The highest BCUT2D eigenvalue weighted by Crippen LogP contribution is 2.26. The van der Waals surface area contributed by atoms with Gasteiger partial charge in [-0.3, -0.25) is 0 Å². The van der Waals surface area contributed by atoms with Crippen molar-refractivity contribution in [3.8, 4) is 5.75 Å². The lowest BCUT2D eigenvalue weighted by molar-refractivity contribution is 0.243. The van der Waals surface area contributed by atoms with E-state index in [1.165, 1.54) is 5.56 Å². The van der Waals surface area contributed by atoms with Crippen LogP contribution in [0.3, 0.4) is 0 Å². The minimum absolute atomic E-state index is 0.116. The second-order valence-corrected chi connectivity index (χ2v) is 5.51. The molecule has 4 heteroatoms. The van der Waals surface area contributed by atoms with Crippen LogP contribution in [0.2, 0.25) is 0 Å². The molecule has 1 aromatic carbocycles. The molecule has 0 spiro atoms. The number of alkyl halides is 1. The Morgan fingerprint density at radius 2 is 2.10 bits per heavy atom. The van der Waals surface area contributed by atoms with Gasteiger partial charge in [0.25, 0.3) is 0 Å². The molecule has 0 aliphatic rings. The van der Waals surface area contributed by atoms with Gasteiger partial charge in [-0.15, -0.1) is 11.6 Å². The third-order valence-corrected chi connectivity index (χ3v) is 3.19. The predicted molar refractivity (Wildman–Crippen MR) is 88.8 cm³/mol. The SMILES string of the molecule is CC(C)Oc1cccnc1Nc1cccc(CCCCl)c1. The van der Waals surface area contributed by atoms with Crippen LogP contribution < -0.4 is 10.1 Å². The summed E-state index contributed by atoms with van der Waals surface area (Å²) >= 11 is 5.75. The van der Waals surface area contributed by atoms with Gasteiger partial charge in [0.15, 0.2) is 11.6 Å². The van der Waals surface area contributed by atoms with Crippen molar-refractivity contribution in [2.24, 2.45) is 0 Å². The Bertz CT molecular complexity index is 572. The summed E-state index contributed by atoms with van der Waals surface area (Å²) in [6.45, 7) is 4.01. The molecule has 2 aromatic rings. The number of hydrogen-bond acceptors (Lipinski definition) is 3. The fraction of sp³-hybridized carbons (Fsp3) is 0.353. The number of anilines is 2. The van der Waals surface area contributed by atoms with E-state index in [0.29, 0.717) is 5.88 Å². The fourth-order valence-corrected chi connectivity index (χ4v) is 2.18. The average molecular weight is 305 g/mol. The van der Waals surface area contributed by atoms with Crippen molar-refractivity contribution >= 4 is 23.1 Å². The van der Waals surface area contributed by atoms with Crippen LogP contribution in [0.4, 0.5) is 11.5 Å². The van der Waals surface area contributed by atoms with E-state index in [0.717, 1.165) is 30.1 Å². The molecule has 0 unspecified atom stereocenters. The second kappa shape index (κ2) is 7.89. The monoisotopic (exact) mass is 304 g/mol. The largest absolute Gasteiger partial charge is 0.487 e. The van der Waals surface area contributed by atoms with Crippen molar-refractivity contribution in [2.45, 2.75) is 32.8 Å². The molecule has 0 atom stereocenters. The highest BCUT2D eigenvalue weighted by Gasteiger charge is 2.07. The van der Waals surface area contributed by atoms with Gasteiger partial charge in [-0.05, 0) is 56.5 Å². The Labute approximate surface area is 131 Å². The van der Waals surface area contributed by atoms with E-state index < -0.39 is 0 Å². The first-order chi connectivity index (χ1) is 10.2. The number of nitrogens with zero attached hydrogens (tertiary/aromatic N) is 1. The Morgan fingerprint density at radius 3 is 2.86 bits per heavy atom. The highest BCUT2D eigenvalue weighted by atomic mass is 35.5. The maximum Gasteiger partial charge on any atom is 0.173 e. The first-order valence-corrected chi connectivity index (χ1v) is 7.76. The standard InChI is InChI=1S/C17H21ClN2O/c1-13(2)21-16-9-5-11-19-17(16)20-15-8-3-6-14(12-15)7-4-10-18/h3,5-6,8-9,11-13H,4,7,10H2,1-2H3,(H,19,20). The van der Waals surface area contributed by atoms with Gasteiger partial charge in [0.2, 0.25) is 0 Å². The van der Waals surface area contributed by atoms with E-state index in [-0.39, 0.29) is 6.10 Å². The molecular formula is C17H21ClN2O. The molecule has 0 aliphatic heterocycles. The summed E-state index contributed by atoms with van der Waals surface area (Å²) in [5.74, 6) is 2.18. The molecule has 21 heavy (non-hydrogen) atoms. The van der Waals surface area contributed by atoms with Crippen LogP contribution in [0.1, 0.15) is 25.8 Å². The van der Waals surface area contributed by atoms with Gasteiger partial charge < -0.3 is 10.1 Å². The van der Waals surface area contributed by atoms with Crippen LogP contribution in [-0.2, 0) is 6.42 Å². The second-order valence-electron chi connectivity index (χ2n) is 5.13. The van der Waals surface area contributed by atoms with Crippen LogP contribution in [0, 0.1) is 0 Å². The van der Waals surface area contributed by atoms with Crippen LogP contribution in [-0.4, -0.2) is 17.0 Å². The molecule has 0 saturated heterocycles. The van der Waals surface area contributed by atoms with Gasteiger partial charge in [-0.2, -0.15) is 0 Å². The average Bonchev–Trinajstić information content (AvgIpc) is 2.47. The molecule has 0 radical (unpaired) electrons. The van der Waals surface area contributed by atoms with Crippen molar-refractivity contribution in [1.82, 2.24) is 4.98 Å². The van der Waals surface area contributed by atoms with Gasteiger partial charge >= 0.3 is 0 Å². The van der Waals surface area contributed by atoms with E-state index >= 15 is 0 Å². The Kier molecular flexibility index (Phi) is 5.88. The molecule has 1 N–H and O–H groups in total. The maximum absolute atomic E-state index is 5.77. The number of aromatic nitrogens is 1. The van der Waals surface area contributed by atoms with Gasteiger partial charge in [-0.25, -0.2) is 4.98 Å². The van der Waals surface area contributed by atoms with Crippen LogP contribution in [0.15, 0.2) is 42.6 Å². The van der Waals surface area contributed by atoms with E-state index in [9.17, 15) is 0 Å². The number of benzene rings is 1. The normalized spacial score (nSPS) is 10.7. The first-order valence-electron chi connectivity index (χ1n) is 7.22. The Hall–Kier alpha value is -1.74. The van der Waals surface area contributed by atoms with Crippen molar-refractivity contribution < 1.29 is 4.74 Å². The van der Waals surface area contributed by atoms with Gasteiger partial charge in [-0.1, -0.05) is 12.1 Å². The maximum atomic E-state index is 5.77. The summed E-state index contributed by atoms with van der Waals surface area (Å²) in [6, 6.07) is 12.1. The zero-order chi connectivity index (χ0) is 15.1. The molecule has 0 aliphatic carbocycles. The number of hydrogen-bond donors (Lipinski definition) is 1. The summed E-state index contributed by atoms with van der Waals surface area (Å²) in [7, 11) is 0. The number of ether oxygens (including phenoxy) is 1. The van der Waals surface area contributed by atoms with Crippen molar-refractivity contribution in [1.29, 1.82) is 0 Å². The molecule has 0 saturated carbocycles. The lowest BCUT2D eigenvalue weighted by Gasteiger charge is -2.14. The summed E-state index contributed by atoms with van der Waals surface area (Å²) in [4.78, 5) is 4.36. The van der Waals surface area contributed by atoms with Crippen molar-refractivity contribution in [2.75, 3.05) is 11.2 Å².